The van der Waals surface area contributed by atoms with E-state index in [1.807, 2.05) is 78.8 Å². The minimum Gasteiger partial charge on any atom is -0.489 e. The Balaban J connectivity index is 0.00000120. The summed E-state index contributed by atoms with van der Waals surface area (Å²) < 4.78 is 23.2. The molecule has 2 aromatic rings. The summed E-state index contributed by atoms with van der Waals surface area (Å²) in [4.78, 5) is 14.2. The Morgan fingerprint density at radius 1 is 0.966 bits per heavy atom. The van der Waals surface area contributed by atoms with Crippen molar-refractivity contribution in [1.29, 1.82) is 0 Å². The zero-order valence-corrected chi connectivity index (χ0v) is 18.7. The molecule has 1 aliphatic carbocycles. The van der Waals surface area contributed by atoms with Gasteiger partial charge < -0.3 is 9.47 Å². The predicted molar refractivity (Wildman–Crippen MR) is 116 cm³/mol. The number of hydrogen-bond acceptors (Lipinski definition) is 4. The third-order valence-corrected chi connectivity index (χ3v) is 3.69. The van der Waals surface area contributed by atoms with Gasteiger partial charge in [-0.15, -0.1) is 0 Å². The Bertz CT molecular complexity index is 703. The fourth-order valence-electron chi connectivity index (χ4n) is 2.39. The van der Waals surface area contributed by atoms with E-state index in [2.05, 4.69) is 11.0 Å². The van der Waals surface area contributed by atoms with Crippen molar-refractivity contribution >= 4 is 5.97 Å². The van der Waals surface area contributed by atoms with Crippen LogP contribution < -0.4 is 9.47 Å². The topological polar surface area (TPSA) is 44.8 Å². The van der Waals surface area contributed by atoms with Crippen molar-refractivity contribution < 1.29 is 23.7 Å². The van der Waals surface area contributed by atoms with E-state index in [4.69, 9.17) is 9.47 Å². The van der Waals surface area contributed by atoms with Crippen molar-refractivity contribution in [2.24, 2.45) is 5.92 Å². The van der Waals surface area contributed by atoms with Crippen molar-refractivity contribution in [3.63, 3.8) is 0 Å². The van der Waals surface area contributed by atoms with E-state index in [9.17, 15) is 9.32 Å². The number of aryl methyl sites for hydroxylation is 1. The van der Waals surface area contributed by atoms with Crippen molar-refractivity contribution in [2.45, 2.75) is 67.6 Å². The van der Waals surface area contributed by atoms with E-state index < -0.39 is 11.9 Å². The van der Waals surface area contributed by atoms with Crippen LogP contribution in [-0.4, -0.2) is 12.1 Å². The van der Waals surface area contributed by atoms with Crippen molar-refractivity contribution in [2.75, 3.05) is 0 Å². The molecule has 0 aromatic heterocycles. The van der Waals surface area contributed by atoms with Gasteiger partial charge in [-0.05, 0) is 24.6 Å². The lowest BCUT2D eigenvalue weighted by Gasteiger charge is -2.09. The van der Waals surface area contributed by atoms with Crippen LogP contribution in [0.5, 0.6) is 11.5 Å². The average molecular weight is 407 g/mol. The van der Waals surface area contributed by atoms with E-state index >= 15 is 0 Å². The highest BCUT2D eigenvalue weighted by atomic mass is 19.3. The van der Waals surface area contributed by atoms with Crippen molar-refractivity contribution in [1.82, 2.24) is 0 Å². The van der Waals surface area contributed by atoms with Gasteiger partial charge in [-0.3, -0.25) is 4.94 Å². The van der Waals surface area contributed by atoms with Crippen LogP contribution in [0, 0.1) is 12.8 Å². The summed E-state index contributed by atoms with van der Waals surface area (Å²) in [7, 11) is 0. The molecule has 1 aliphatic rings. The summed E-state index contributed by atoms with van der Waals surface area (Å²) >= 11 is 0. The molecule has 29 heavy (non-hydrogen) atoms. The van der Waals surface area contributed by atoms with Crippen LogP contribution in [-0.2, 0) is 16.3 Å². The smallest absolute Gasteiger partial charge is 0.355 e. The number of ether oxygens (including phenoxy) is 2. The minimum atomic E-state index is -0.873. The molecule has 0 radical (unpaired) electrons. The van der Waals surface area contributed by atoms with Crippen LogP contribution in [0.3, 0.4) is 0 Å². The van der Waals surface area contributed by atoms with E-state index in [-0.39, 0.29) is 6.10 Å². The van der Waals surface area contributed by atoms with Gasteiger partial charge in [-0.25, -0.2) is 4.79 Å². The molecule has 0 N–H and O–H groups in total. The van der Waals surface area contributed by atoms with Gasteiger partial charge in [-0.2, -0.15) is 0 Å². The van der Waals surface area contributed by atoms with Crippen LogP contribution in [0.1, 0.15) is 59.1 Å². The fourth-order valence-corrected chi connectivity index (χ4v) is 2.39. The highest BCUT2D eigenvalue weighted by molar-refractivity contribution is 5.75. The van der Waals surface area contributed by atoms with Crippen LogP contribution in [0.4, 0.5) is 4.53 Å². The second-order valence-electron chi connectivity index (χ2n) is 5.65. The molecule has 0 aliphatic heterocycles. The highest BCUT2D eigenvalue weighted by Crippen LogP contribution is 2.36. The SMILES string of the molecule is CC.CC.CC.Cc1cccc(COc2cccc(O[C@@H]3CC3C(=O)OF)c2)c1. The monoisotopic (exact) mass is 406 g/mol. The first kappa shape index (κ1) is 26.4. The highest BCUT2D eigenvalue weighted by Gasteiger charge is 2.47. The predicted octanol–water partition coefficient (Wildman–Crippen LogP) is 6.85. The van der Waals surface area contributed by atoms with Crippen LogP contribution in [0.15, 0.2) is 48.5 Å². The van der Waals surface area contributed by atoms with Crippen LogP contribution in [0.2, 0.25) is 0 Å². The Hall–Kier alpha value is -2.56. The molecule has 1 saturated carbocycles. The van der Waals surface area contributed by atoms with Crippen LogP contribution in [0.25, 0.3) is 0 Å². The maximum absolute atomic E-state index is 11.8. The molecule has 5 heteroatoms. The first-order chi connectivity index (χ1) is 14.2. The normalized spacial score (nSPS) is 15.7. The Morgan fingerprint density at radius 3 is 2.21 bits per heavy atom. The first-order valence-electron chi connectivity index (χ1n) is 10.4. The van der Waals surface area contributed by atoms with E-state index in [1.165, 1.54) is 5.56 Å². The minimum absolute atomic E-state index is 0.328. The van der Waals surface area contributed by atoms with E-state index in [0.717, 1.165) is 5.56 Å². The zero-order valence-electron chi connectivity index (χ0n) is 18.7. The molecular formula is C24H35FO4. The summed E-state index contributed by atoms with van der Waals surface area (Å²) in [5.74, 6) is -0.126. The molecule has 162 valence electrons. The molecule has 2 atom stereocenters. The van der Waals surface area contributed by atoms with E-state index in [0.29, 0.717) is 24.5 Å². The molecule has 0 spiro atoms. The standard InChI is InChI=1S/C18H17FO4.3C2H6/c1-12-4-2-5-13(8-12)11-21-14-6-3-7-15(9-14)22-17-10-16(17)18(20)23-19;3*1-2/h2-9,16-17H,10-11H2,1H3;3*1-2H3/t16?,17-;;;/m1.../s1. The summed E-state index contributed by atoms with van der Waals surface area (Å²) in [6.07, 6.45) is 0.141. The maximum atomic E-state index is 11.8. The first-order valence-corrected chi connectivity index (χ1v) is 10.4. The third kappa shape index (κ3) is 9.46. The molecule has 0 bridgehead atoms. The molecule has 3 rings (SSSR count). The van der Waals surface area contributed by atoms with Gasteiger partial charge in [0.15, 0.2) is 0 Å². The molecule has 2 aromatic carbocycles. The quantitative estimate of drug-likeness (QED) is 0.526. The maximum Gasteiger partial charge on any atom is 0.355 e. The molecular weight excluding hydrogens is 371 g/mol. The number of rotatable bonds is 6. The molecule has 0 heterocycles. The summed E-state index contributed by atoms with van der Waals surface area (Å²) in [6.45, 7) is 14.5. The van der Waals surface area contributed by atoms with Gasteiger partial charge in [-0.1, -0.05) is 77.4 Å². The Morgan fingerprint density at radius 2 is 1.59 bits per heavy atom. The number of carbonyl (C=O) groups excluding carboxylic acids is 1. The lowest BCUT2D eigenvalue weighted by atomic mass is 10.1. The lowest BCUT2D eigenvalue weighted by molar-refractivity contribution is -0.186. The van der Waals surface area contributed by atoms with Crippen molar-refractivity contribution in [3.05, 3.63) is 59.7 Å². The summed E-state index contributed by atoms with van der Waals surface area (Å²) in [5, 5.41) is 0. The largest absolute Gasteiger partial charge is 0.489 e. The summed E-state index contributed by atoms with van der Waals surface area (Å²) in [6, 6.07) is 15.3. The zero-order chi connectivity index (χ0) is 22.2. The number of carbonyl (C=O) groups is 1. The van der Waals surface area contributed by atoms with Gasteiger partial charge in [0.2, 0.25) is 0 Å². The van der Waals surface area contributed by atoms with Crippen LogP contribution >= 0.6 is 0 Å². The summed E-state index contributed by atoms with van der Waals surface area (Å²) in [5.41, 5.74) is 2.27. The second-order valence-corrected chi connectivity index (χ2v) is 5.65. The van der Waals surface area contributed by atoms with Gasteiger partial charge >= 0.3 is 5.97 Å². The van der Waals surface area contributed by atoms with Crippen molar-refractivity contribution in [3.8, 4) is 11.5 Å². The third-order valence-electron chi connectivity index (χ3n) is 3.69. The molecule has 0 saturated heterocycles. The molecule has 0 amide bonds. The molecule has 1 unspecified atom stereocenters. The molecule has 1 fully saturated rings. The second kappa shape index (κ2) is 15.4. The van der Waals surface area contributed by atoms with Gasteiger partial charge in [0.05, 0.1) is 0 Å². The van der Waals surface area contributed by atoms with Gasteiger partial charge in [0.25, 0.3) is 0 Å². The fraction of sp³-hybridized carbons (Fsp3) is 0.458. The number of benzene rings is 2. The van der Waals surface area contributed by atoms with Gasteiger partial charge in [0.1, 0.15) is 30.1 Å². The molecule has 4 nitrogen and oxygen atoms in total. The van der Waals surface area contributed by atoms with Gasteiger partial charge in [0, 0.05) is 17.0 Å². The number of halogens is 1. The Labute approximate surface area is 174 Å². The number of hydrogen-bond donors (Lipinski definition) is 0. The van der Waals surface area contributed by atoms with E-state index in [1.54, 1.807) is 12.1 Å². The lowest BCUT2D eigenvalue weighted by Crippen LogP contribution is -2.08. The Kier molecular flexibility index (Phi) is 14.0. The average Bonchev–Trinajstić information content (AvgIpc) is 3.55.